The summed E-state index contributed by atoms with van der Waals surface area (Å²) in [4.78, 5) is 4.15. The average molecular weight is 226 g/mol. The standard InChI is InChI=1S/C10H9ClFN3/c11-8-2-1-7-5-13-15(9(7)14-8)6-10(12)3-4-10/h1-2,5H,3-4,6H2. The lowest BCUT2D eigenvalue weighted by Gasteiger charge is -2.05. The first-order valence-corrected chi connectivity index (χ1v) is 5.21. The second-order valence-corrected chi connectivity index (χ2v) is 4.39. The number of nitrogens with zero attached hydrogens (tertiary/aromatic N) is 3. The van der Waals surface area contributed by atoms with E-state index in [2.05, 4.69) is 10.1 Å². The molecule has 0 spiro atoms. The molecule has 2 aromatic heterocycles. The van der Waals surface area contributed by atoms with Crippen molar-refractivity contribution in [1.29, 1.82) is 0 Å². The molecule has 0 bridgehead atoms. The summed E-state index contributed by atoms with van der Waals surface area (Å²) in [5.41, 5.74) is -0.408. The number of rotatable bonds is 2. The van der Waals surface area contributed by atoms with Gasteiger partial charge in [-0.3, -0.25) is 0 Å². The van der Waals surface area contributed by atoms with Crippen LogP contribution in [0.2, 0.25) is 5.15 Å². The quantitative estimate of drug-likeness (QED) is 0.736. The van der Waals surface area contributed by atoms with E-state index in [1.54, 1.807) is 16.9 Å². The molecule has 0 unspecified atom stereocenters. The number of hydrogen-bond donors (Lipinski definition) is 0. The first kappa shape index (κ1) is 9.09. The van der Waals surface area contributed by atoms with Gasteiger partial charge in [0.15, 0.2) is 5.65 Å². The first-order valence-electron chi connectivity index (χ1n) is 4.83. The van der Waals surface area contributed by atoms with Gasteiger partial charge in [-0.2, -0.15) is 5.10 Å². The first-order chi connectivity index (χ1) is 7.16. The van der Waals surface area contributed by atoms with Gasteiger partial charge in [-0.25, -0.2) is 14.1 Å². The Bertz CT molecular complexity index is 518. The Hall–Kier alpha value is -1.16. The second kappa shape index (κ2) is 2.92. The van der Waals surface area contributed by atoms with Crippen LogP contribution in [0.4, 0.5) is 4.39 Å². The molecular formula is C10H9ClFN3. The number of aromatic nitrogens is 3. The predicted octanol–water partition coefficient (Wildman–Crippen LogP) is 2.59. The lowest BCUT2D eigenvalue weighted by atomic mass is 10.3. The fraction of sp³-hybridized carbons (Fsp3) is 0.400. The van der Waals surface area contributed by atoms with Crippen LogP contribution in [0.5, 0.6) is 0 Å². The molecule has 1 fully saturated rings. The highest BCUT2D eigenvalue weighted by Gasteiger charge is 2.44. The summed E-state index contributed by atoms with van der Waals surface area (Å²) in [7, 11) is 0. The fourth-order valence-electron chi connectivity index (χ4n) is 1.61. The molecule has 5 heteroatoms. The highest BCUT2D eigenvalue weighted by Crippen LogP contribution is 2.41. The topological polar surface area (TPSA) is 30.7 Å². The molecule has 1 saturated carbocycles. The molecule has 1 aliphatic rings. The van der Waals surface area contributed by atoms with Crippen LogP contribution in [0.15, 0.2) is 18.3 Å². The van der Waals surface area contributed by atoms with Crippen molar-refractivity contribution in [3.63, 3.8) is 0 Å². The van der Waals surface area contributed by atoms with Crippen LogP contribution in [-0.4, -0.2) is 20.4 Å². The van der Waals surface area contributed by atoms with Crippen LogP contribution in [0.3, 0.4) is 0 Å². The Morgan fingerprint density at radius 3 is 3.00 bits per heavy atom. The molecule has 15 heavy (non-hydrogen) atoms. The minimum absolute atomic E-state index is 0.282. The number of halogens is 2. The van der Waals surface area contributed by atoms with Crippen molar-refractivity contribution in [2.75, 3.05) is 0 Å². The summed E-state index contributed by atoms with van der Waals surface area (Å²) < 4.78 is 15.2. The van der Waals surface area contributed by atoms with Gasteiger partial charge in [-0.15, -0.1) is 0 Å². The largest absolute Gasteiger partial charge is 0.244 e. The Labute approximate surface area is 90.9 Å². The van der Waals surface area contributed by atoms with E-state index in [9.17, 15) is 4.39 Å². The molecule has 2 heterocycles. The predicted molar refractivity (Wildman–Crippen MR) is 55.6 cm³/mol. The molecule has 0 atom stereocenters. The van der Waals surface area contributed by atoms with Crippen molar-refractivity contribution < 1.29 is 4.39 Å². The molecule has 3 rings (SSSR count). The summed E-state index contributed by atoms with van der Waals surface area (Å²) >= 11 is 5.79. The van der Waals surface area contributed by atoms with Crippen LogP contribution in [0.1, 0.15) is 12.8 Å². The Morgan fingerprint density at radius 2 is 2.27 bits per heavy atom. The van der Waals surface area contributed by atoms with Crippen molar-refractivity contribution in [1.82, 2.24) is 14.8 Å². The van der Waals surface area contributed by atoms with Gasteiger partial charge < -0.3 is 0 Å². The highest BCUT2D eigenvalue weighted by molar-refractivity contribution is 6.29. The van der Waals surface area contributed by atoms with Gasteiger partial charge in [-0.05, 0) is 25.0 Å². The zero-order valence-electron chi connectivity index (χ0n) is 7.95. The van der Waals surface area contributed by atoms with Crippen molar-refractivity contribution in [2.45, 2.75) is 25.1 Å². The fourth-order valence-corrected chi connectivity index (χ4v) is 1.75. The van der Waals surface area contributed by atoms with Gasteiger partial charge in [0.2, 0.25) is 0 Å². The summed E-state index contributed by atoms with van der Waals surface area (Å²) in [6.45, 7) is 0.282. The summed E-state index contributed by atoms with van der Waals surface area (Å²) in [5.74, 6) is 0. The molecule has 0 aromatic carbocycles. The van der Waals surface area contributed by atoms with Crippen LogP contribution < -0.4 is 0 Å². The van der Waals surface area contributed by atoms with Gasteiger partial charge in [0, 0.05) is 5.39 Å². The van der Waals surface area contributed by atoms with Crippen molar-refractivity contribution >= 4 is 22.6 Å². The van der Waals surface area contributed by atoms with E-state index in [-0.39, 0.29) is 6.54 Å². The average Bonchev–Trinajstić information content (AvgIpc) is 2.80. The highest BCUT2D eigenvalue weighted by atomic mass is 35.5. The molecule has 0 aliphatic heterocycles. The molecule has 3 nitrogen and oxygen atoms in total. The maximum atomic E-state index is 13.6. The molecule has 1 aliphatic carbocycles. The number of pyridine rings is 1. The van der Waals surface area contributed by atoms with Crippen LogP contribution in [-0.2, 0) is 6.54 Å². The molecular weight excluding hydrogens is 217 g/mol. The van der Waals surface area contributed by atoms with Crippen molar-refractivity contribution in [2.24, 2.45) is 0 Å². The minimum atomic E-state index is -1.07. The van der Waals surface area contributed by atoms with E-state index >= 15 is 0 Å². The molecule has 0 N–H and O–H groups in total. The summed E-state index contributed by atoms with van der Waals surface area (Å²) in [6, 6.07) is 3.55. The SMILES string of the molecule is FC1(Cn2ncc3ccc(Cl)nc32)CC1. The minimum Gasteiger partial charge on any atom is -0.244 e. The molecule has 0 radical (unpaired) electrons. The monoisotopic (exact) mass is 225 g/mol. The van der Waals surface area contributed by atoms with Gasteiger partial charge in [0.25, 0.3) is 0 Å². The van der Waals surface area contributed by atoms with Crippen molar-refractivity contribution in [3.05, 3.63) is 23.5 Å². The zero-order chi connectivity index (χ0) is 10.5. The van der Waals surface area contributed by atoms with Crippen LogP contribution >= 0.6 is 11.6 Å². The van der Waals surface area contributed by atoms with Gasteiger partial charge in [0.1, 0.15) is 10.8 Å². The van der Waals surface area contributed by atoms with Crippen LogP contribution in [0, 0.1) is 0 Å². The summed E-state index contributed by atoms with van der Waals surface area (Å²) in [5, 5.41) is 5.42. The number of hydrogen-bond acceptors (Lipinski definition) is 2. The lowest BCUT2D eigenvalue weighted by Crippen LogP contribution is -2.13. The third-order valence-electron chi connectivity index (χ3n) is 2.68. The lowest BCUT2D eigenvalue weighted by molar-refractivity contribution is 0.264. The summed E-state index contributed by atoms with van der Waals surface area (Å²) in [6.07, 6.45) is 2.92. The molecule has 0 saturated heterocycles. The van der Waals surface area contributed by atoms with Gasteiger partial charge >= 0.3 is 0 Å². The van der Waals surface area contributed by atoms with Crippen molar-refractivity contribution in [3.8, 4) is 0 Å². The van der Waals surface area contributed by atoms with Crippen LogP contribution in [0.25, 0.3) is 11.0 Å². The number of alkyl halides is 1. The van der Waals surface area contributed by atoms with E-state index in [1.807, 2.05) is 6.07 Å². The Balaban J connectivity index is 2.06. The van der Waals surface area contributed by atoms with E-state index in [4.69, 9.17) is 11.6 Å². The normalized spacial score (nSPS) is 18.3. The zero-order valence-corrected chi connectivity index (χ0v) is 8.71. The third-order valence-corrected chi connectivity index (χ3v) is 2.89. The number of fused-ring (bicyclic) bond motifs is 1. The molecule has 2 aromatic rings. The maximum Gasteiger partial charge on any atom is 0.159 e. The second-order valence-electron chi connectivity index (χ2n) is 4.00. The Morgan fingerprint density at radius 1 is 1.47 bits per heavy atom. The van der Waals surface area contributed by atoms with E-state index < -0.39 is 5.67 Å². The Kier molecular flexibility index (Phi) is 1.77. The van der Waals surface area contributed by atoms with E-state index in [0.29, 0.717) is 23.6 Å². The van der Waals surface area contributed by atoms with Gasteiger partial charge in [0.05, 0.1) is 12.7 Å². The maximum absolute atomic E-state index is 13.6. The smallest absolute Gasteiger partial charge is 0.159 e. The van der Waals surface area contributed by atoms with E-state index in [1.165, 1.54) is 0 Å². The van der Waals surface area contributed by atoms with Gasteiger partial charge in [-0.1, -0.05) is 11.6 Å². The van der Waals surface area contributed by atoms with E-state index in [0.717, 1.165) is 5.39 Å². The molecule has 78 valence electrons. The molecule has 0 amide bonds. The third kappa shape index (κ3) is 1.59.